The van der Waals surface area contributed by atoms with Crippen LogP contribution in [-0.2, 0) is 4.79 Å². The lowest BCUT2D eigenvalue weighted by Gasteiger charge is -2.15. The standard InChI is InChI=1S/C8H13F2NO2/c1-6(3-8(12)13)4-11(2)5-7(9)10/h3,7H,4-5H2,1-2H3,(H,12,13). The Kier molecular flexibility index (Phi) is 5.22. The number of alkyl halides is 2. The summed E-state index contributed by atoms with van der Waals surface area (Å²) >= 11 is 0. The molecule has 0 heterocycles. The molecule has 5 heteroatoms. The monoisotopic (exact) mass is 193 g/mol. The fourth-order valence-corrected chi connectivity index (χ4v) is 0.982. The number of carboxylic acids is 1. The van der Waals surface area contributed by atoms with Crippen LogP contribution >= 0.6 is 0 Å². The molecule has 0 radical (unpaired) electrons. The van der Waals surface area contributed by atoms with Crippen LogP contribution in [0.5, 0.6) is 0 Å². The van der Waals surface area contributed by atoms with E-state index in [1.807, 2.05) is 0 Å². The van der Waals surface area contributed by atoms with Gasteiger partial charge in [0.15, 0.2) is 0 Å². The van der Waals surface area contributed by atoms with Gasteiger partial charge < -0.3 is 5.11 Å². The van der Waals surface area contributed by atoms with Gasteiger partial charge >= 0.3 is 5.97 Å². The summed E-state index contributed by atoms with van der Waals surface area (Å²) in [5.74, 6) is -1.05. The summed E-state index contributed by atoms with van der Waals surface area (Å²) in [4.78, 5) is 11.5. The minimum absolute atomic E-state index is 0.247. The van der Waals surface area contributed by atoms with Crippen LogP contribution in [0, 0.1) is 0 Å². The van der Waals surface area contributed by atoms with E-state index in [4.69, 9.17) is 5.11 Å². The molecule has 0 aliphatic heterocycles. The maximum Gasteiger partial charge on any atom is 0.328 e. The van der Waals surface area contributed by atoms with Crippen LogP contribution in [0.2, 0.25) is 0 Å². The molecule has 0 aromatic heterocycles. The first kappa shape index (κ1) is 12.0. The smallest absolute Gasteiger partial charge is 0.328 e. The number of likely N-dealkylation sites (N-methyl/N-ethyl adjacent to an activating group) is 1. The van der Waals surface area contributed by atoms with Gasteiger partial charge in [0.25, 0.3) is 6.43 Å². The van der Waals surface area contributed by atoms with Crippen LogP contribution in [0.1, 0.15) is 6.92 Å². The molecule has 0 unspecified atom stereocenters. The van der Waals surface area contributed by atoms with Crippen molar-refractivity contribution in [3.05, 3.63) is 11.6 Å². The first-order valence-corrected chi connectivity index (χ1v) is 3.78. The summed E-state index contributed by atoms with van der Waals surface area (Å²) in [6.07, 6.45) is -1.37. The van der Waals surface area contributed by atoms with Gasteiger partial charge in [0.1, 0.15) is 0 Å². The third-order valence-electron chi connectivity index (χ3n) is 1.34. The van der Waals surface area contributed by atoms with E-state index in [0.29, 0.717) is 5.57 Å². The van der Waals surface area contributed by atoms with E-state index in [-0.39, 0.29) is 13.1 Å². The molecule has 0 rings (SSSR count). The predicted molar refractivity (Wildman–Crippen MR) is 44.9 cm³/mol. The fraction of sp³-hybridized carbons (Fsp3) is 0.625. The molecule has 0 aliphatic carbocycles. The van der Waals surface area contributed by atoms with Crippen molar-refractivity contribution >= 4 is 5.97 Å². The Balaban J connectivity index is 3.91. The second kappa shape index (κ2) is 5.64. The van der Waals surface area contributed by atoms with Crippen LogP contribution in [0.25, 0.3) is 0 Å². The van der Waals surface area contributed by atoms with Gasteiger partial charge in [-0.15, -0.1) is 0 Å². The zero-order valence-corrected chi connectivity index (χ0v) is 7.63. The molecule has 0 bridgehead atoms. The van der Waals surface area contributed by atoms with Crippen LogP contribution in [0.15, 0.2) is 11.6 Å². The van der Waals surface area contributed by atoms with Gasteiger partial charge in [0.2, 0.25) is 0 Å². The third kappa shape index (κ3) is 7.39. The van der Waals surface area contributed by atoms with Crippen molar-refractivity contribution in [2.75, 3.05) is 20.1 Å². The van der Waals surface area contributed by atoms with Crippen molar-refractivity contribution in [2.45, 2.75) is 13.3 Å². The average Bonchev–Trinajstić information content (AvgIpc) is 1.80. The van der Waals surface area contributed by atoms with Crippen molar-refractivity contribution in [2.24, 2.45) is 0 Å². The minimum Gasteiger partial charge on any atom is -0.478 e. The van der Waals surface area contributed by atoms with Gasteiger partial charge in [-0.3, -0.25) is 4.90 Å². The molecule has 3 nitrogen and oxygen atoms in total. The van der Waals surface area contributed by atoms with Crippen molar-refractivity contribution in [1.29, 1.82) is 0 Å². The topological polar surface area (TPSA) is 40.5 Å². The number of carboxylic acid groups (broad SMARTS) is 1. The zero-order chi connectivity index (χ0) is 10.4. The highest BCUT2D eigenvalue weighted by Crippen LogP contribution is 2.00. The van der Waals surface area contributed by atoms with Crippen LogP contribution in [0.4, 0.5) is 8.78 Å². The molecule has 0 aromatic carbocycles. The van der Waals surface area contributed by atoms with E-state index >= 15 is 0 Å². The van der Waals surface area contributed by atoms with E-state index in [1.54, 1.807) is 6.92 Å². The second-order valence-electron chi connectivity index (χ2n) is 2.92. The largest absolute Gasteiger partial charge is 0.478 e. The maximum atomic E-state index is 11.8. The molecular formula is C8H13F2NO2. The third-order valence-corrected chi connectivity index (χ3v) is 1.34. The molecule has 0 spiro atoms. The molecule has 0 aromatic rings. The van der Waals surface area contributed by atoms with Gasteiger partial charge in [-0.2, -0.15) is 0 Å². The van der Waals surface area contributed by atoms with Gasteiger partial charge in [-0.05, 0) is 14.0 Å². The lowest BCUT2D eigenvalue weighted by atomic mass is 10.2. The summed E-state index contributed by atoms with van der Waals surface area (Å²) in [5.41, 5.74) is 0.552. The molecule has 0 saturated carbocycles. The Hall–Kier alpha value is -0.970. The number of carbonyl (C=O) groups is 1. The van der Waals surface area contributed by atoms with E-state index < -0.39 is 12.4 Å². The Morgan fingerprint density at radius 3 is 2.54 bits per heavy atom. The molecule has 0 aliphatic rings. The van der Waals surface area contributed by atoms with E-state index in [2.05, 4.69) is 0 Å². The van der Waals surface area contributed by atoms with E-state index in [1.165, 1.54) is 11.9 Å². The minimum atomic E-state index is -2.39. The zero-order valence-electron chi connectivity index (χ0n) is 7.63. The summed E-state index contributed by atoms with van der Waals surface area (Å²) in [6.45, 7) is 1.50. The highest BCUT2D eigenvalue weighted by atomic mass is 19.3. The first-order valence-electron chi connectivity index (χ1n) is 3.78. The number of nitrogens with zero attached hydrogens (tertiary/aromatic N) is 1. The average molecular weight is 193 g/mol. The highest BCUT2D eigenvalue weighted by Gasteiger charge is 2.07. The molecule has 1 N–H and O–H groups in total. The molecule has 0 saturated heterocycles. The molecule has 0 atom stereocenters. The lowest BCUT2D eigenvalue weighted by Crippen LogP contribution is -2.26. The van der Waals surface area contributed by atoms with Gasteiger partial charge in [-0.1, -0.05) is 5.57 Å². The van der Waals surface area contributed by atoms with Crippen LogP contribution in [0.3, 0.4) is 0 Å². The normalized spacial score (nSPS) is 12.6. The molecule has 13 heavy (non-hydrogen) atoms. The fourth-order valence-electron chi connectivity index (χ4n) is 0.982. The molecule has 0 fully saturated rings. The summed E-state index contributed by atoms with van der Waals surface area (Å²) in [5, 5.41) is 8.34. The van der Waals surface area contributed by atoms with Gasteiger partial charge in [-0.25, -0.2) is 13.6 Å². The first-order chi connectivity index (χ1) is 5.91. The summed E-state index contributed by atoms with van der Waals surface area (Å²) in [6, 6.07) is 0. The Labute approximate surface area is 75.7 Å². The van der Waals surface area contributed by atoms with Crippen molar-refractivity contribution < 1.29 is 18.7 Å². The van der Waals surface area contributed by atoms with Crippen molar-refractivity contribution in [3.63, 3.8) is 0 Å². The van der Waals surface area contributed by atoms with Crippen LogP contribution in [-0.4, -0.2) is 42.5 Å². The van der Waals surface area contributed by atoms with Gasteiger partial charge in [0.05, 0.1) is 6.54 Å². The molecule has 0 amide bonds. The summed E-state index contributed by atoms with van der Waals surface area (Å²) < 4.78 is 23.6. The highest BCUT2D eigenvalue weighted by molar-refractivity contribution is 5.80. The molecular weight excluding hydrogens is 180 g/mol. The number of aliphatic carboxylic acids is 1. The quantitative estimate of drug-likeness (QED) is 0.667. The number of hydrogen-bond acceptors (Lipinski definition) is 2. The molecule has 76 valence electrons. The Morgan fingerprint density at radius 1 is 1.62 bits per heavy atom. The Bertz CT molecular complexity index is 204. The summed E-state index contributed by atoms with van der Waals surface area (Å²) in [7, 11) is 1.52. The SMILES string of the molecule is CC(=CC(=O)O)CN(C)CC(F)F. The van der Waals surface area contributed by atoms with Gasteiger partial charge in [0, 0.05) is 12.6 Å². The number of hydrogen-bond donors (Lipinski definition) is 1. The number of rotatable bonds is 5. The maximum absolute atomic E-state index is 11.8. The van der Waals surface area contributed by atoms with Crippen molar-refractivity contribution in [3.8, 4) is 0 Å². The number of halogens is 2. The second-order valence-corrected chi connectivity index (χ2v) is 2.92. The lowest BCUT2D eigenvalue weighted by molar-refractivity contribution is -0.131. The van der Waals surface area contributed by atoms with E-state index in [9.17, 15) is 13.6 Å². The van der Waals surface area contributed by atoms with Crippen molar-refractivity contribution in [1.82, 2.24) is 4.90 Å². The van der Waals surface area contributed by atoms with Crippen LogP contribution < -0.4 is 0 Å². The predicted octanol–water partition coefficient (Wildman–Crippen LogP) is 1.21. The Morgan fingerprint density at radius 2 is 2.15 bits per heavy atom. The van der Waals surface area contributed by atoms with E-state index in [0.717, 1.165) is 6.08 Å².